The van der Waals surface area contributed by atoms with Crippen LogP contribution in [0.1, 0.15) is 22.3 Å². The molecule has 0 N–H and O–H groups in total. The number of nitriles is 4. The summed E-state index contributed by atoms with van der Waals surface area (Å²) in [5, 5.41) is 59.4. The monoisotopic (exact) mass is 1960 g/mol. The molecule has 24 aromatic rings. The van der Waals surface area contributed by atoms with E-state index >= 15 is 0 Å². The predicted octanol–water partition coefficient (Wildman–Crippen LogP) is 25.7. The molecule has 0 aliphatic carbocycles. The number of hydrogen-bond donors (Lipinski definition) is 0. The fourth-order valence-corrected chi connectivity index (χ4v) is 36.3. The molecule has 12 nitrogen and oxygen atoms in total. The molecule has 15 heteroatoms. The highest BCUT2D eigenvalue weighted by atomic mass is 28.3. The van der Waals surface area contributed by atoms with Crippen molar-refractivity contribution in [3.63, 3.8) is 0 Å². The third kappa shape index (κ3) is 17.0. The summed E-state index contributed by atoms with van der Waals surface area (Å²) in [6.45, 7) is 37.8. The van der Waals surface area contributed by atoms with Gasteiger partial charge in [-0.15, -0.1) is 0 Å². The summed E-state index contributed by atoms with van der Waals surface area (Å²) in [5.74, 6) is 0. The summed E-state index contributed by atoms with van der Waals surface area (Å²) in [4.78, 5) is 18.3. The maximum atomic E-state index is 9.90. The van der Waals surface area contributed by atoms with Crippen LogP contribution in [0, 0.1) is 78.2 Å². The van der Waals surface area contributed by atoms with E-state index in [-0.39, 0.29) is 0 Å². The van der Waals surface area contributed by atoms with Gasteiger partial charge in [0.15, 0.2) is 52.7 Å². The molecule has 150 heavy (non-hydrogen) atoms. The third-order valence-corrected chi connectivity index (χ3v) is 43.2. The number of fused-ring (bicyclic) bond motifs is 9. The van der Waals surface area contributed by atoms with Gasteiger partial charge in [0.05, 0.1) is 112 Å². The summed E-state index contributed by atoms with van der Waals surface area (Å²) in [7, 11) is -8.30. The van der Waals surface area contributed by atoms with Gasteiger partial charge < -0.3 is 13.7 Å². The number of benzene rings is 21. The van der Waals surface area contributed by atoms with E-state index in [2.05, 4.69) is 426 Å². The quantitative estimate of drug-likeness (QED) is 0.0481. The van der Waals surface area contributed by atoms with Crippen LogP contribution in [-0.4, -0.2) is 37.9 Å². The van der Waals surface area contributed by atoms with Crippen molar-refractivity contribution in [2.24, 2.45) is 0 Å². The zero-order chi connectivity index (χ0) is 102. The zero-order valence-corrected chi connectivity index (χ0v) is 83.9. The van der Waals surface area contributed by atoms with E-state index in [1.807, 2.05) is 146 Å². The minimum atomic E-state index is -2.80. The van der Waals surface area contributed by atoms with Crippen LogP contribution < -0.4 is 62.2 Å². The van der Waals surface area contributed by atoms with Crippen LogP contribution in [0.2, 0.25) is 0 Å². The molecule has 24 rings (SSSR count). The molecule has 0 unspecified atom stereocenters. The third-order valence-electron chi connectivity index (χ3n) is 28.8. The van der Waals surface area contributed by atoms with Crippen molar-refractivity contribution in [2.75, 3.05) is 0 Å². The minimum absolute atomic E-state index is 0.567. The molecule has 0 bridgehead atoms. The fraction of sp³-hybridized carbons (Fsp3) is 0. The van der Waals surface area contributed by atoms with E-state index in [1.165, 1.54) is 57.1 Å². The Morgan fingerprint density at radius 2 is 0.380 bits per heavy atom. The summed E-state index contributed by atoms with van der Waals surface area (Å²) >= 11 is 0. The predicted molar refractivity (Wildman–Crippen MR) is 620 cm³/mol. The summed E-state index contributed by atoms with van der Waals surface area (Å²) in [5.41, 5.74) is 21.0. The minimum Gasteiger partial charge on any atom is -0.309 e. The average Bonchev–Trinajstić information content (AvgIpc) is 1.31. The Balaban J connectivity index is 0.000000127. The Labute approximate surface area is 872 Å². The molecule has 0 aliphatic rings. The van der Waals surface area contributed by atoms with E-state index in [1.54, 1.807) is 0 Å². The largest absolute Gasteiger partial charge is 0.309 e. The van der Waals surface area contributed by atoms with E-state index in [4.69, 9.17) is 32.9 Å². The van der Waals surface area contributed by atoms with E-state index < -0.39 is 24.2 Å². The van der Waals surface area contributed by atoms with E-state index in [0.29, 0.717) is 50.7 Å². The molecule has 0 fully saturated rings. The molecular weight excluding hydrogens is 1870 g/mol. The summed E-state index contributed by atoms with van der Waals surface area (Å²) in [6, 6.07) is 185. The highest BCUT2D eigenvalue weighted by Crippen LogP contribution is 2.41. The number of nitrogens with zero attached hydrogens (tertiary/aromatic N) is 12. The first-order valence-electron chi connectivity index (χ1n) is 48.9. The molecule has 3 heterocycles. The first-order valence-corrected chi connectivity index (χ1v) is 54.9. The van der Waals surface area contributed by atoms with Crippen LogP contribution in [0.25, 0.3) is 140 Å². The lowest BCUT2D eigenvalue weighted by Crippen LogP contribution is -2.74. The van der Waals surface area contributed by atoms with Gasteiger partial charge in [-0.05, 0) is 251 Å². The second kappa shape index (κ2) is 40.8. The molecule has 0 saturated carbocycles. The molecular formula is C135H84N12Si3. The van der Waals surface area contributed by atoms with Gasteiger partial charge in [0, 0.05) is 33.2 Å². The van der Waals surface area contributed by atoms with Gasteiger partial charge >= 0.3 is 0 Å². The molecule has 3 aromatic heterocycles. The Morgan fingerprint density at radius 1 is 0.160 bits per heavy atom. The first kappa shape index (κ1) is 94.0. The van der Waals surface area contributed by atoms with E-state index in [9.17, 15) is 21.0 Å². The van der Waals surface area contributed by atoms with Gasteiger partial charge in [-0.25, -0.2) is 24.2 Å². The van der Waals surface area contributed by atoms with Gasteiger partial charge in [0.25, 0.3) is 0 Å². The maximum absolute atomic E-state index is 9.90. The number of rotatable bonds is 18. The van der Waals surface area contributed by atoms with Crippen molar-refractivity contribution < 1.29 is 0 Å². The van der Waals surface area contributed by atoms with Crippen LogP contribution >= 0.6 is 0 Å². The molecule has 0 radical (unpaired) electrons. The smallest absolute Gasteiger partial charge is 0.188 e. The molecule has 0 amide bonds. The maximum Gasteiger partial charge on any atom is 0.188 e. The Bertz CT molecular complexity index is 9430. The normalized spacial score (nSPS) is 11.1. The highest BCUT2D eigenvalue weighted by Gasteiger charge is 2.45. The van der Waals surface area contributed by atoms with Crippen molar-refractivity contribution in [3.8, 4) is 74.7 Å². The van der Waals surface area contributed by atoms with Gasteiger partial charge in [-0.1, -0.05) is 370 Å². The molecule has 0 aliphatic heterocycles. The highest BCUT2D eigenvalue weighted by molar-refractivity contribution is 7.21. The SMILES string of the molecule is [C-]#[N+]c1ccc([Si](c2ccccc2)(c2ccccc2)c2ccc(-c3ccc(-n4c5ccc(C#N)cc5c5cc([N+]#[C-])ccc54)cc3)cc2)cc1.[C-]#[N+]c1ccc([Si](c2ccccc2)(c2ccccc2)c2cccc(-c3ccc(-n4c5ccc(C#N)cc5c5cc([N+]#[C-])ccc54)cc3)c2)cc1.[C-]#[N+]c1ccc2c(c1)c1cc(C#N)ccc1n2-c1cccc(-c2ccc([Si](c3ccccc3)(c3ccccc3)c3cccc(C#N)c3)cc2)c1. The molecule has 21 aromatic carbocycles. The van der Waals surface area contributed by atoms with Crippen LogP contribution in [0.4, 0.5) is 28.4 Å². The first-order chi connectivity index (χ1) is 73.9. The standard InChI is InChI=1S/3C45H28N4Si/c1-47-35-19-24-40(25-20-35)50(38-11-5-3-6-12-38,39-13-7-4-8-14-39)41-15-9-10-34(29-41)33-17-22-37(23-18-33)49-44-26-16-32(31-46)28-42(44)43-30-36(48-2)21-27-45(43)49;1-47-35-18-25-41(26-19-35)50(38-9-5-3-6-10-38,39-11-7-4-8-12-39)40-23-16-34(17-24-40)33-14-21-37(22-15-33)49-44-27-13-32(31-46)29-42(44)43-30-36(48-2)20-28-45(43)49;1-48-36-21-25-45-43(29-36)42-27-33(31-47)18-24-44(42)49(45)37-12-9-11-35(28-37)34-19-22-40(23-20-34)50(38-13-4-2-5-14-38,39-15-6-3-7-16-39)41-17-8-10-32(26-41)30-46/h2*3-30H;2-29H. The second-order valence-corrected chi connectivity index (χ2v) is 48.2. The lowest BCUT2D eigenvalue weighted by atomic mass is 10.1. The summed E-state index contributed by atoms with van der Waals surface area (Å²) < 4.78 is 6.61. The van der Waals surface area contributed by atoms with Crippen molar-refractivity contribution in [1.29, 1.82) is 21.0 Å². The Morgan fingerprint density at radius 3 is 0.687 bits per heavy atom. The Kier molecular flexibility index (Phi) is 25.6. The van der Waals surface area contributed by atoms with Crippen LogP contribution in [0.15, 0.2) is 510 Å². The average molecular weight is 1960 g/mol. The van der Waals surface area contributed by atoms with Gasteiger partial charge in [-0.3, -0.25) is 0 Å². The summed E-state index contributed by atoms with van der Waals surface area (Å²) in [6.07, 6.45) is 0. The fourth-order valence-electron chi connectivity index (χ4n) is 22.0. The second-order valence-electron chi connectivity index (χ2n) is 36.8. The van der Waals surface area contributed by atoms with Gasteiger partial charge in [0.1, 0.15) is 0 Å². The van der Waals surface area contributed by atoms with Crippen molar-refractivity contribution in [3.05, 3.63) is 589 Å². The van der Waals surface area contributed by atoms with Crippen LogP contribution in [0.3, 0.4) is 0 Å². The lowest BCUT2D eigenvalue weighted by molar-refractivity contribution is 1.18. The lowest BCUT2D eigenvalue weighted by Gasteiger charge is -2.34. The van der Waals surface area contributed by atoms with Crippen LogP contribution in [-0.2, 0) is 0 Å². The van der Waals surface area contributed by atoms with E-state index in [0.717, 1.165) is 121 Å². The topological polar surface area (TPSA) is 132 Å². The van der Waals surface area contributed by atoms with Crippen molar-refractivity contribution >= 4 is 180 Å². The molecule has 0 spiro atoms. The molecule has 696 valence electrons. The number of aromatic nitrogens is 3. The van der Waals surface area contributed by atoms with Gasteiger partial charge in [-0.2, -0.15) is 21.0 Å². The molecule has 0 saturated heterocycles. The molecule has 0 atom stereocenters. The zero-order valence-electron chi connectivity index (χ0n) is 80.9. The van der Waals surface area contributed by atoms with Crippen LogP contribution in [0.5, 0.6) is 0 Å². The van der Waals surface area contributed by atoms with Gasteiger partial charge in [0.2, 0.25) is 0 Å². The Hall–Kier alpha value is -20.9. The van der Waals surface area contributed by atoms with Crippen molar-refractivity contribution in [2.45, 2.75) is 0 Å². The van der Waals surface area contributed by atoms with Crippen molar-refractivity contribution in [1.82, 2.24) is 13.7 Å². The number of hydrogen-bond acceptors (Lipinski definition) is 4.